The van der Waals surface area contributed by atoms with E-state index in [4.69, 9.17) is 11.6 Å². The van der Waals surface area contributed by atoms with Crippen LogP contribution in [0, 0.1) is 6.92 Å². The first kappa shape index (κ1) is 13.6. The first-order valence-electron chi connectivity index (χ1n) is 6.60. The molecule has 0 bridgehead atoms. The Morgan fingerprint density at radius 2 is 1.85 bits per heavy atom. The number of aryl methyl sites for hydroxylation is 1. The van der Waals surface area contributed by atoms with Crippen molar-refractivity contribution in [3.05, 3.63) is 68.9 Å². The molecule has 1 atom stereocenters. The van der Waals surface area contributed by atoms with Gasteiger partial charge in [0.1, 0.15) is 0 Å². The van der Waals surface area contributed by atoms with Crippen molar-refractivity contribution in [1.82, 2.24) is 5.32 Å². The summed E-state index contributed by atoms with van der Waals surface area (Å²) in [6, 6.07) is 15.1. The van der Waals surface area contributed by atoms with Gasteiger partial charge in [-0.15, -0.1) is 11.3 Å². The van der Waals surface area contributed by atoms with E-state index in [2.05, 4.69) is 60.1 Å². The smallest absolute Gasteiger partial charge is 0.0684 e. The monoisotopic (exact) mass is 301 g/mol. The second-order valence-electron chi connectivity index (χ2n) is 4.93. The second-order valence-corrected chi connectivity index (χ2v) is 6.21. The van der Waals surface area contributed by atoms with E-state index in [0.29, 0.717) is 0 Å². The number of nitrogens with one attached hydrogen (secondary N) is 1. The fraction of sp³-hybridized carbons (Fsp3) is 0.176. The van der Waals surface area contributed by atoms with Gasteiger partial charge in [0.15, 0.2) is 0 Å². The summed E-state index contributed by atoms with van der Waals surface area (Å²) >= 11 is 8.14. The first-order chi connectivity index (χ1) is 9.70. The molecule has 0 spiro atoms. The zero-order chi connectivity index (χ0) is 14.1. The predicted molar refractivity (Wildman–Crippen MR) is 88.9 cm³/mol. The molecular formula is C17H16ClNS. The van der Waals surface area contributed by atoms with Crippen molar-refractivity contribution < 1.29 is 0 Å². The van der Waals surface area contributed by atoms with Crippen molar-refractivity contribution in [1.29, 1.82) is 0 Å². The average Bonchev–Trinajstić information content (AvgIpc) is 2.80. The number of hydrogen-bond acceptors (Lipinski definition) is 2. The third kappa shape index (κ3) is 2.35. The van der Waals surface area contributed by atoms with E-state index in [1.807, 2.05) is 7.05 Å². The highest BCUT2D eigenvalue weighted by Gasteiger charge is 2.18. The molecule has 3 heteroatoms. The maximum absolute atomic E-state index is 6.42. The Morgan fingerprint density at radius 3 is 2.50 bits per heavy atom. The van der Waals surface area contributed by atoms with Crippen LogP contribution in [-0.4, -0.2) is 7.05 Å². The summed E-state index contributed by atoms with van der Waals surface area (Å²) in [4.78, 5) is 1.18. The largest absolute Gasteiger partial charge is 0.309 e. The predicted octanol–water partition coefficient (Wildman–Crippen LogP) is 5.17. The lowest BCUT2D eigenvalue weighted by molar-refractivity contribution is 0.704. The molecule has 1 nitrogen and oxygen atoms in total. The lowest BCUT2D eigenvalue weighted by Crippen LogP contribution is -2.16. The number of halogens is 1. The molecular weight excluding hydrogens is 286 g/mol. The van der Waals surface area contributed by atoms with Crippen molar-refractivity contribution in [3.63, 3.8) is 0 Å². The Hall–Kier alpha value is -1.35. The minimum Gasteiger partial charge on any atom is -0.309 e. The molecule has 0 amide bonds. The van der Waals surface area contributed by atoms with Crippen LogP contribution in [0.5, 0.6) is 0 Å². The van der Waals surface area contributed by atoms with Crippen LogP contribution < -0.4 is 5.32 Å². The molecule has 1 unspecified atom stereocenters. The maximum Gasteiger partial charge on any atom is 0.0684 e. The number of thiophene rings is 1. The van der Waals surface area contributed by atoms with Crippen LogP contribution in [0.15, 0.2) is 47.8 Å². The minimum absolute atomic E-state index is 0.144. The molecule has 3 rings (SSSR count). The minimum atomic E-state index is 0.144. The molecule has 1 heterocycles. The van der Waals surface area contributed by atoms with Gasteiger partial charge in [-0.2, -0.15) is 0 Å². The third-order valence-electron chi connectivity index (χ3n) is 3.58. The Balaban J connectivity index is 2.09. The highest BCUT2D eigenvalue weighted by Crippen LogP contribution is 2.36. The molecule has 0 aliphatic rings. The van der Waals surface area contributed by atoms with Gasteiger partial charge in [0.2, 0.25) is 0 Å². The quantitative estimate of drug-likeness (QED) is 0.703. The van der Waals surface area contributed by atoms with Crippen LogP contribution in [0.25, 0.3) is 10.8 Å². The van der Waals surface area contributed by atoms with Gasteiger partial charge in [0, 0.05) is 4.88 Å². The van der Waals surface area contributed by atoms with Gasteiger partial charge in [0.25, 0.3) is 0 Å². The molecule has 3 aromatic rings. The molecule has 0 saturated carbocycles. The highest BCUT2D eigenvalue weighted by atomic mass is 35.5. The van der Waals surface area contributed by atoms with E-state index in [-0.39, 0.29) is 6.04 Å². The van der Waals surface area contributed by atoms with Gasteiger partial charge in [0.05, 0.1) is 11.1 Å². The Kier molecular flexibility index (Phi) is 3.79. The van der Waals surface area contributed by atoms with Gasteiger partial charge < -0.3 is 5.32 Å². The summed E-state index contributed by atoms with van der Waals surface area (Å²) in [6.07, 6.45) is 0. The molecule has 20 heavy (non-hydrogen) atoms. The van der Waals surface area contributed by atoms with E-state index < -0.39 is 0 Å². The SMILES string of the molecule is CNC(c1ccc2ccccc2c1)c1scc(C)c1Cl. The lowest BCUT2D eigenvalue weighted by Gasteiger charge is -2.16. The number of benzene rings is 2. The van der Waals surface area contributed by atoms with E-state index in [1.165, 1.54) is 21.2 Å². The van der Waals surface area contributed by atoms with Gasteiger partial charge in [-0.1, -0.05) is 48.0 Å². The summed E-state index contributed by atoms with van der Waals surface area (Å²) in [5, 5.41) is 8.89. The molecule has 102 valence electrons. The Labute approximate surface area is 128 Å². The summed E-state index contributed by atoms with van der Waals surface area (Å²) in [5.74, 6) is 0. The van der Waals surface area contributed by atoms with E-state index in [9.17, 15) is 0 Å². The van der Waals surface area contributed by atoms with Crippen LogP contribution in [0.2, 0.25) is 5.02 Å². The van der Waals surface area contributed by atoms with Gasteiger partial charge in [-0.05, 0) is 47.3 Å². The topological polar surface area (TPSA) is 12.0 Å². The molecule has 0 saturated heterocycles. The molecule has 2 aromatic carbocycles. The van der Waals surface area contributed by atoms with Crippen molar-refractivity contribution >= 4 is 33.7 Å². The van der Waals surface area contributed by atoms with Crippen LogP contribution in [0.3, 0.4) is 0 Å². The van der Waals surface area contributed by atoms with Crippen LogP contribution >= 0.6 is 22.9 Å². The summed E-state index contributed by atoms with van der Waals surface area (Å²) in [7, 11) is 1.98. The van der Waals surface area contributed by atoms with Crippen molar-refractivity contribution in [2.24, 2.45) is 0 Å². The van der Waals surface area contributed by atoms with E-state index in [1.54, 1.807) is 11.3 Å². The zero-order valence-electron chi connectivity index (χ0n) is 11.5. The van der Waals surface area contributed by atoms with Gasteiger partial charge >= 0.3 is 0 Å². The second kappa shape index (κ2) is 5.57. The summed E-state index contributed by atoms with van der Waals surface area (Å²) in [6.45, 7) is 2.05. The van der Waals surface area contributed by atoms with E-state index >= 15 is 0 Å². The average molecular weight is 302 g/mol. The molecule has 0 aliphatic heterocycles. The summed E-state index contributed by atoms with van der Waals surface area (Å²) < 4.78 is 0. The van der Waals surface area contributed by atoms with Crippen molar-refractivity contribution in [2.75, 3.05) is 7.05 Å². The fourth-order valence-electron chi connectivity index (χ4n) is 2.48. The van der Waals surface area contributed by atoms with Crippen LogP contribution in [-0.2, 0) is 0 Å². The number of fused-ring (bicyclic) bond motifs is 1. The standard InChI is InChI=1S/C17H16ClNS/c1-11-10-20-17(15(11)18)16(19-2)14-8-7-12-5-3-4-6-13(12)9-14/h3-10,16,19H,1-2H3. The lowest BCUT2D eigenvalue weighted by atomic mass is 10.0. The zero-order valence-corrected chi connectivity index (χ0v) is 13.1. The third-order valence-corrected chi connectivity index (χ3v) is 5.36. The molecule has 1 aromatic heterocycles. The van der Waals surface area contributed by atoms with E-state index in [0.717, 1.165) is 10.6 Å². The highest BCUT2D eigenvalue weighted by molar-refractivity contribution is 7.10. The fourth-order valence-corrected chi connectivity index (χ4v) is 3.92. The van der Waals surface area contributed by atoms with Crippen LogP contribution in [0.1, 0.15) is 22.0 Å². The maximum atomic E-state index is 6.42. The molecule has 0 fully saturated rings. The van der Waals surface area contributed by atoms with Crippen molar-refractivity contribution in [3.8, 4) is 0 Å². The molecule has 0 aliphatic carbocycles. The Bertz CT molecular complexity index is 748. The van der Waals surface area contributed by atoms with Gasteiger partial charge in [-0.25, -0.2) is 0 Å². The van der Waals surface area contributed by atoms with Gasteiger partial charge in [-0.3, -0.25) is 0 Å². The molecule has 1 N–H and O–H groups in total. The number of hydrogen-bond donors (Lipinski definition) is 1. The first-order valence-corrected chi connectivity index (χ1v) is 7.86. The van der Waals surface area contributed by atoms with Crippen LogP contribution in [0.4, 0.5) is 0 Å². The Morgan fingerprint density at radius 1 is 1.10 bits per heavy atom. The molecule has 0 radical (unpaired) electrons. The summed E-state index contributed by atoms with van der Waals surface area (Å²) in [5.41, 5.74) is 2.39. The van der Waals surface area contributed by atoms with Crippen molar-refractivity contribution in [2.45, 2.75) is 13.0 Å². The number of rotatable bonds is 3. The normalized spacial score (nSPS) is 12.8.